The van der Waals surface area contributed by atoms with Crippen LogP contribution in [0.3, 0.4) is 0 Å². The lowest BCUT2D eigenvalue weighted by Gasteiger charge is -2.44. The van der Waals surface area contributed by atoms with Crippen molar-refractivity contribution in [1.29, 1.82) is 0 Å². The van der Waals surface area contributed by atoms with E-state index in [0.717, 1.165) is 38.7 Å². The van der Waals surface area contributed by atoms with Crippen molar-refractivity contribution >= 4 is 5.91 Å². The Kier molecular flexibility index (Phi) is 4.51. The largest absolute Gasteiger partial charge is 0.375 e. The number of ether oxygens (including phenoxy) is 1. The van der Waals surface area contributed by atoms with E-state index in [9.17, 15) is 4.79 Å². The average molecular weight is 268 g/mol. The molecule has 4 nitrogen and oxygen atoms in total. The minimum atomic E-state index is -0.0366. The molecule has 2 aliphatic heterocycles. The summed E-state index contributed by atoms with van der Waals surface area (Å²) in [5, 5.41) is 3.40. The topological polar surface area (TPSA) is 41.6 Å². The predicted molar refractivity (Wildman–Crippen MR) is 75.8 cm³/mol. The molecule has 2 rings (SSSR count). The molecule has 0 aromatic carbocycles. The summed E-state index contributed by atoms with van der Waals surface area (Å²) in [6, 6.07) is 0.300. The van der Waals surface area contributed by atoms with Crippen molar-refractivity contribution in [3.05, 3.63) is 0 Å². The molecule has 2 heterocycles. The van der Waals surface area contributed by atoms with Gasteiger partial charge in [-0.15, -0.1) is 0 Å². The Labute approximate surface area is 116 Å². The molecule has 2 fully saturated rings. The van der Waals surface area contributed by atoms with Crippen LogP contribution in [0.1, 0.15) is 59.8 Å². The second-order valence-electron chi connectivity index (χ2n) is 5.94. The van der Waals surface area contributed by atoms with E-state index in [0.29, 0.717) is 6.04 Å². The first kappa shape index (κ1) is 14.8. The van der Waals surface area contributed by atoms with E-state index >= 15 is 0 Å². The molecule has 0 aliphatic carbocycles. The molecule has 2 saturated heterocycles. The van der Waals surface area contributed by atoms with Gasteiger partial charge in [-0.1, -0.05) is 20.8 Å². The highest BCUT2D eigenvalue weighted by atomic mass is 16.5. The molecule has 0 spiro atoms. The van der Waals surface area contributed by atoms with Crippen molar-refractivity contribution in [3.8, 4) is 0 Å². The Morgan fingerprint density at radius 3 is 2.63 bits per heavy atom. The van der Waals surface area contributed by atoms with Gasteiger partial charge in [0.15, 0.2) is 0 Å². The zero-order valence-corrected chi connectivity index (χ0v) is 12.7. The zero-order valence-electron chi connectivity index (χ0n) is 12.7. The van der Waals surface area contributed by atoms with Crippen LogP contribution in [-0.2, 0) is 9.53 Å². The molecule has 0 bridgehead atoms. The number of nitrogens with zero attached hydrogens (tertiary/aromatic N) is 1. The molecule has 110 valence electrons. The summed E-state index contributed by atoms with van der Waals surface area (Å²) in [5.41, 5.74) is -0.0205. The van der Waals surface area contributed by atoms with Gasteiger partial charge in [0.25, 0.3) is 0 Å². The maximum atomic E-state index is 12.4. The third kappa shape index (κ3) is 2.65. The number of nitrogens with one attached hydrogen (secondary N) is 1. The van der Waals surface area contributed by atoms with Gasteiger partial charge < -0.3 is 9.64 Å². The van der Waals surface area contributed by atoms with Crippen LogP contribution in [-0.4, -0.2) is 41.3 Å². The van der Waals surface area contributed by atoms with Crippen molar-refractivity contribution in [3.63, 3.8) is 0 Å². The Balaban J connectivity index is 2.14. The highest BCUT2D eigenvalue weighted by molar-refractivity contribution is 5.84. The van der Waals surface area contributed by atoms with Crippen LogP contribution in [0.15, 0.2) is 0 Å². The maximum Gasteiger partial charge on any atom is 0.240 e. The Morgan fingerprint density at radius 1 is 1.37 bits per heavy atom. The van der Waals surface area contributed by atoms with Crippen molar-refractivity contribution < 1.29 is 9.53 Å². The fraction of sp³-hybridized carbons (Fsp3) is 0.933. The first-order valence-electron chi connectivity index (χ1n) is 7.79. The molecule has 0 aromatic rings. The summed E-state index contributed by atoms with van der Waals surface area (Å²) in [7, 11) is 0. The summed E-state index contributed by atoms with van der Waals surface area (Å²) in [6.45, 7) is 9.27. The van der Waals surface area contributed by atoms with Gasteiger partial charge in [-0.25, -0.2) is 0 Å². The molecule has 1 N–H and O–H groups in total. The molecule has 0 radical (unpaired) electrons. The summed E-state index contributed by atoms with van der Waals surface area (Å²) >= 11 is 0. The minimum Gasteiger partial charge on any atom is -0.375 e. The van der Waals surface area contributed by atoms with E-state index in [-0.39, 0.29) is 23.7 Å². The molecule has 2 aliphatic rings. The summed E-state index contributed by atoms with van der Waals surface area (Å²) in [4.78, 5) is 14.5. The molecular formula is C15H28N2O2. The van der Waals surface area contributed by atoms with Gasteiger partial charge in [0.05, 0.1) is 17.8 Å². The van der Waals surface area contributed by atoms with Crippen molar-refractivity contribution in [2.24, 2.45) is 0 Å². The van der Waals surface area contributed by atoms with E-state index < -0.39 is 0 Å². The number of carbonyl (C=O) groups is 1. The molecular weight excluding hydrogens is 240 g/mol. The standard InChI is InChI=1S/C15H28N2O2/c1-5-13-16-11(4)14(18)17(13)12-8-9-19-15(6-2,7-3)10-12/h11-13,16H,5-10H2,1-4H3. The lowest BCUT2D eigenvalue weighted by Crippen LogP contribution is -2.52. The number of hydrogen-bond donors (Lipinski definition) is 1. The van der Waals surface area contributed by atoms with Gasteiger partial charge in [0, 0.05) is 12.6 Å². The third-order valence-electron chi connectivity index (χ3n) is 4.94. The first-order valence-corrected chi connectivity index (χ1v) is 7.79. The molecule has 0 aromatic heterocycles. The van der Waals surface area contributed by atoms with E-state index in [1.54, 1.807) is 0 Å². The SMILES string of the molecule is CCC1NC(C)C(=O)N1C1CCOC(CC)(CC)C1. The molecule has 1 amide bonds. The summed E-state index contributed by atoms with van der Waals surface area (Å²) < 4.78 is 6.03. The number of amides is 1. The highest BCUT2D eigenvalue weighted by Crippen LogP contribution is 2.35. The quantitative estimate of drug-likeness (QED) is 0.850. The Hall–Kier alpha value is -0.610. The van der Waals surface area contributed by atoms with Crippen molar-refractivity contribution in [1.82, 2.24) is 10.2 Å². The van der Waals surface area contributed by atoms with Crippen LogP contribution in [0, 0.1) is 0 Å². The number of carbonyl (C=O) groups excluding carboxylic acids is 1. The van der Waals surface area contributed by atoms with Crippen LogP contribution in [0.25, 0.3) is 0 Å². The van der Waals surface area contributed by atoms with Gasteiger partial charge in [0.2, 0.25) is 5.91 Å². The highest BCUT2D eigenvalue weighted by Gasteiger charge is 2.44. The maximum absolute atomic E-state index is 12.4. The second kappa shape index (κ2) is 5.80. The minimum absolute atomic E-state index is 0.0205. The molecule has 3 atom stereocenters. The fourth-order valence-electron chi connectivity index (χ4n) is 3.55. The lowest BCUT2D eigenvalue weighted by molar-refractivity contribution is -0.143. The molecule has 19 heavy (non-hydrogen) atoms. The Morgan fingerprint density at radius 2 is 2.05 bits per heavy atom. The van der Waals surface area contributed by atoms with Crippen molar-refractivity contribution in [2.45, 2.75) is 83.6 Å². The lowest BCUT2D eigenvalue weighted by atomic mass is 9.85. The monoisotopic (exact) mass is 268 g/mol. The van der Waals surface area contributed by atoms with E-state index in [1.807, 2.05) is 6.92 Å². The molecule has 4 heteroatoms. The van der Waals surface area contributed by atoms with E-state index in [2.05, 4.69) is 31.0 Å². The van der Waals surface area contributed by atoms with Gasteiger partial charge in [-0.05, 0) is 39.0 Å². The number of rotatable bonds is 4. The summed E-state index contributed by atoms with van der Waals surface area (Å²) in [5.74, 6) is 0.264. The fourth-order valence-corrected chi connectivity index (χ4v) is 3.55. The van der Waals surface area contributed by atoms with Gasteiger partial charge >= 0.3 is 0 Å². The van der Waals surface area contributed by atoms with Crippen LogP contribution < -0.4 is 5.32 Å². The smallest absolute Gasteiger partial charge is 0.240 e. The van der Waals surface area contributed by atoms with Gasteiger partial charge in [0.1, 0.15) is 0 Å². The van der Waals surface area contributed by atoms with Crippen LogP contribution >= 0.6 is 0 Å². The Bertz CT molecular complexity index is 328. The van der Waals surface area contributed by atoms with Gasteiger partial charge in [-0.3, -0.25) is 10.1 Å². The van der Waals surface area contributed by atoms with Crippen LogP contribution in [0.2, 0.25) is 0 Å². The van der Waals surface area contributed by atoms with E-state index in [4.69, 9.17) is 4.74 Å². The molecule has 3 unspecified atom stereocenters. The van der Waals surface area contributed by atoms with Gasteiger partial charge in [-0.2, -0.15) is 0 Å². The zero-order chi connectivity index (χ0) is 14.0. The average Bonchev–Trinajstić information content (AvgIpc) is 2.74. The predicted octanol–water partition coefficient (Wildman–Crippen LogP) is 2.28. The van der Waals surface area contributed by atoms with Crippen LogP contribution in [0.5, 0.6) is 0 Å². The number of hydrogen-bond acceptors (Lipinski definition) is 3. The normalized spacial score (nSPS) is 34.8. The van der Waals surface area contributed by atoms with Crippen LogP contribution in [0.4, 0.5) is 0 Å². The van der Waals surface area contributed by atoms with E-state index in [1.165, 1.54) is 0 Å². The first-order chi connectivity index (χ1) is 9.06. The van der Waals surface area contributed by atoms with Crippen molar-refractivity contribution in [2.75, 3.05) is 6.61 Å². The molecule has 0 saturated carbocycles. The second-order valence-corrected chi connectivity index (χ2v) is 5.94. The summed E-state index contributed by atoms with van der Waals surface area (Å²) in [6.07, 6.45) is 5.19. The third-order valence-corrected chi connectivity index (χ3v) is 4.94.